The van der Waals surface area contributed by atoms with Crippen molar-refractivity contribution in [1.82, 2.24) is 15.2 Å². The van der Waals surface area contributed by atoms with Crippen LogP contribution in [0, 0.1) is 0 Å². The lowest BCUT2D eigenvalue weighted by atomic mass is 10.0. The van der Waals surface area contributed by atoms with Gasteiger partial charge in [0.2, 0.25) is 0 Å². The molecule has 2 aliphatic heterocycles. The summed E-state index contributed by atoms with van der Waals surface area (Å²) in [6.45, 7) is 5.29. The Morgan fingerprint density at radius 2 is 2.04 bits per heavy atom. The molecule has 3 heterocycles. The van der Waals surface area contributed by atoms with Crippen LogP contribution in [-0.4, -0.2) is 42.2 Å². The Morgan fingerprint density at radius 3 is 2.92 bits per heavy atom. The first-order valence-corrected chi connectivity index (χ1v) is 9.11. The molecule has 0 spiro atoms. The third kappa shape index (κ3) is 4.30. The summed E-state index contributed by atoms with van der Waals surface area (Å²) in [6.07, 6.45) is 4.33. The first-order valence-electron chi connectivity index (χ1n) is 9.11. The highest BCUT2D eigenvalue weighted by molar-refractivity contribution is 5.43. The fraction of sp³-hybridized carbons (Fsp3) is 0.450. The highest BCUT2D eigenvalue weighted by Gasteiger charge is 2.20. The fourth-order valence-corrected chi connectivity index (χ4v) is 3.55. The number of benzene rings is 1. The largest absolute Gasteiger partial charge is 0.486 e. The Bertz CT molecular complexity index is 693. The maximum Gasteiger partial charge on any atom is 0.161 e. The number of aromatic nitrogens is 1. The number of hydrogen-bond donors (Lipinski definition) is 1. The van der Waals surface area contributed by atoms with E-state index in [1.807, 2.05) is 18.3 Å². The Balaban J connectivity index is 1.30. The average Bonchev–Trinajstić information content (AvgIpc) is 2.67. The predicted molar refractivity (Wildman–Crippen MR) is 96.8 cm³/mol. The van der Waals surface area contributed by atoms with Crippen LogP contribution in [0.2, 0.25) is 0 Å². The van der Waals surface area contributed by atoms with Crippen LogP contribution in [0.5, 0.6) is 11.5 Å². The molecule has 0 bridgehead atoms. The van der Waals surface area contributed by atoms with Crippen molar-refractivity contribution in [1.29, 1.82) is 0 Å². The van der Waals surface area contributed by atoms with Crippen LogP contribution < -0.4 is 14.8 Å². The number of nitrogens with one attached hydrogen (secondary N) is 1. The molecule has 1 atom stereocenters. The highest BCUT2D eigenvalue weighted by atomic mass is 16.6. The van der Waals surface area contributed by atoms with Crippen molar-refractivity contribution in [2.75, 3.05) is 26.3 Å². The summed E-state index contributed by atoms with van der Waals surface area (Å²) in [7, 11) is 0. The van der Waals surface area contributed by atoms with E-state index < -0.39 is 0 Å². The van der Waals surface area contributed by atoms with Crippen molar-refractivity contribution in [2.45, 2.75) is 32.0 Å². The Labute approximate surface area is 149 Å². The van der Waals surface area contributed by atoms with Gasteiger partial charge in [-0.25, -0.2) is 0 Å². The Morgan fingerprint density at radius 1 is 1.12 bits per heavy atom. The first-order chi connectivity index (χ1) is 12.4. The van der Waals surface area contributed by atoms with Gasteiger partial charge in [0.25, 0.3) is 0 Å². The normalized spacial score (nSPS) is 20.4. The number of ether oxygens (including phenoxy) is 2. The van der Waals surface area contributed by atoms with Crippen LogP contribution in [-0.2, 0) is 13.1 Å². The van der Waals surface area contributed by atoms with E-state index in [4.69, 9.17) is 9.47 Å². The summed E-state index contributed by atoms with van der Waals surface area (Å²) in [5, 5.41) is 3.70. The second-order valence-electron chi connectivity index (χ2n) is 6.75. The summed E-state index contributed by atoms with van der Waals surface area (Å²) in [5.41, 5.74) is 2.39. The molecule has 25 heavy (non-hydrogen) atoms. The Kier molecular flexibility index (Phi) is 5.14. The molecule has 1 saturated heterocycles. The molecule has 0 saturated carbocycles. The summed E-state index contributed by atoms with van der Waals surface area (Å²) >= 11 is 0. The molecule has 1 N–H and O–H groups in total. The van der Waals surface area contributed by atoms with E-state index >= 15 is 0 Å². The quantitative estimate of drug-likeness (QED) is 0.907. The third-order valence-electron chi connectivity index (χ3n) is 4.82. The minimum Gasteiger partial charge on any atom is -0.486 e. The molecule has 0 aliphatic carbocycles. The van der Waals surface area contributed by atoms with Crippen LogP contribution in [0.25, 0.3) is 0 Å². The number of rotatable bonds is 5. The molecule has 0 radical (unpaired) electrons. The molecule has 0 amide bonds. The molecule has 4 rings (SSSR count). The smallest absolute Gasteiger partial charge is 0.161 e. The first kappa shape index (κ1) is 16.4. The van der Waals surface area contributed by atoms with Gasteiger partial charge in [0, 0.05) is 31.9 Å². The van der Waals surface area contributed by atoms with Crippen LogP contribution in [0.15, 0.2) is 42.6 Å². The second-order valence-corrected chi connectivity index (χ2v) is 6.75. The molecule has 2 aromatic rings. The van der Waals surface area contributed by atoms with E-state index in [0.717, 1.165) is 43.4 Å². The molecule has 2 aliphatic rings. The summed E-state index contributed by atoms with van der Waals surface area (Å²) in [5.74, 6) is 1.72. The van der Waals surface area contributed by atoms with Gasteiger partial charge in [-0.15, -0.1) is 0 Å². The molecule has 5 heteroatoms. The average molecular weight is 339 g/mol. The van der Waals surface area contributed by atoms with Crippen molar-refractivity contribution in [2.24, 2.45) is 0 Å². The molecule has 132 valence electrons. The maximum atomic E-state index is 5.67. The van der Waals surface area contributed by atoms with Gasteiger partial charge in [0.15, 0.2) is 11.5 Å². The number of pyridine rings is 1. The van der Waals surface area contributed by atoms with Gasteiger partial charge in [-0.05, 0) is 49.2 Å². The van der Waals surface area contributed by atoms with Crippen molar-refractivity contribution in [3.05, 3.63) is 53.9 Å². The Hall–Kier alpha value is -2.11. The molecular weight excluding hydrogens is 314 g/mol. The predicted octanol–water partition coefficient (Wildman–Crippen LogP) is 2.61. The van der Waals surface area contributed by atoms with Crippen LogP contribution in [0.3, 0.4) is 0 Å². The second kappa shape index (κ2) is 7.85. The number of likely N-dealkylation sites (tertiary alicyclic amines) is 1. The van der Waals surface area contributed by atoms with Gasteiger partial charge < -0.3 is 14.8 Å². The third-order valence-corrected chi connectivity index (χ3v) is 4.82. The lowest BCUT2D eigenvalue weighted by Crippen LogP contribution is -2.45. The van der Waals surface area contributed by atoms with E-state index in [0.29, 0.717) is 19.3 Å². The zero-order valence-electron chi connectivity index (χ0n) is 14.5. The van der Waals surface area contributed by atoms with E-state index in [-0.39, 0.29) is 0 Å². The molecule has 1 fully saturated rings. The van der Waals surface area contributed by atoms with Crippen LogP contribution >= 0.6 is 0 Å². The SMILES string of the molecule is c1ccc(CN2CCCC(NCc3ccc4c(c3)OCCO4)C2)nc1. The van der Waals surface area contributed by atoms with Crippen molar-refractivity contribution < 1.29 is 9.47 Å². The molecular formula is C20H25N3O2. The fourth-order valence-electron chi connectivity index (χ4n) is 3.55. The molecule has 5 nitrogen and oxygen atoms in total. The molecule has 1 unspecified atom stereocenters. The lowest BCUT2D eigenvalue weighted by molar-refractivity contribution is 0.171. The van der Waals surface area contributed by atoms with E-state index in [1.54, 1.807) is 0 Å². The number of hydrogen-bond acceptors (Lipinski definition) is 5. The standard InChI is InChI=1S/C20H25N3O2/c1-2-8-21-17(4-1)14-23-9-3-5-18(15-23)22-13-16-6-7-19-20(12-16)25-11-10-24-19/h1-2,4,6-8,12,18,22H,3,5,9-11,13-15H2. The monoisotopic (exact) mass is 339 g/mol. The van der Waals surface area contributed by atoms with Crippen molar-refractivity contribution in [3.8, 4) is 11.5 Å². The zero-order chi connectivity index (χ0) is 16.9. The van der Waals surface area contributed by atoms with Gasteiger partial charge >= 0.3 is 0 Å². The summed E-state index contributed by atoms with van der Waals surface area (Å²) < 4.78 is 11.3. The highest BCUT2D eigenvalue weighted by Crippen LogP contribution is 2.30. The van der Waals surface area contributed by atoms with E-state index in [9.17, 15) is 0 Å². The van der Waals surface area contributed by atoms with Gasteiger partial charge in [-0.1, -0.05) is 12.1 Å². The summed E-state index contributed by atoms with van der Waals surface area (Å²) in [4.78, 5) is 6.94. The van der Waals surface area contributed by atoms with E-state index in [1.165, 1.54) is 18.4 Å². The van der Waals surface area contributed by atoms with Gasteiger partial charge in [-0.3, -0.25) is 9.88 Å². The minimum atomic E-state index is 0.519. The van der Waals surface area contributed by atoms with Gasteiger partial charge in [-0.2, -0.15) is 0 Å². The van der Waals surface area contributed by atoms with Crippen molar-refractivity contribution in [3.63, 3.8) is 0 Å². The summed E-state index contributed by atoms with van der Waals surface area (Å²) in [6, 6.07) is 12.9. The van der Waals surface area contributed by atoms with E-state index in [2.05, 4.69) is 39.5 Å². The van der Waals surface area contributed by atoms with Crippen LogP contribution in [0.4, 0.5) is 0 Å². The molecule has 1 aromatic heterocycles. The van der Waals surface area contributed by atoms with Crippen LogP contribution in [0.1, 0.15) is 24.1 Å². The topological polar surface area (TPSA) is 46.6 Å². The lowest BCUT2D eigenvalue weighted by Gasteiger charge is -2.33. The number of piperidine rings is 1. The van der Waals surface area contributed by atoms with Gasteiger partial charge in [0.1, 0.15) is 13.2 Å². The van der Waals surface area contributed by atoms with Crippen molar-refractivity contribution >= 4 is 0 Å². The number of nitrogens with zero attached hydrogens (tertiary/aromatic N) is 2. The molecule has 1 aromatic carbocycles. The zero-order valence-corrected chi connectivity index (χ0v) is 14.5. The maximum absolute atomic E-state index is 5.67. The minimum absolute atomic E-state index is 0.519. The number of fused-ring (bicyclic) bond motifs is 1. The van der Waals surface area contributed by atoms with Gasteiger partial charge in [0.05, 0.1) is 5.69 Å².